The van der Waals surface area contributed by atoms with Crippen LogP contribution in [0.15, 0.2) is 54.7 Å². The number of rotatable bonds is 7. The molecular formula is C20H20N2O5. The van der Waals surface area contributed by atoms with Gasteiger partial charge in [-0.25, -0.2) is 9.59 Å². The van der Waals surface area contributed by atoms with Crippen molar-refractivity contribution in [3.63, 3.8) is 0 Å². The predicted molar refractivity (Wildman–Crippen MR) is 99.7 cm³/mol. The molecule has 3 aromatic rings. The first-order valence-corrected chi connectivity index (χ1v) is 8.41. The third kappa shape index (κ3) is 4.38. The van der Waals surface area contributed by atoms with Gasteiger partial charge in [-0.05, 0) is 23.3 Å². The molecule has 0 fully saturated rings. The molecule has 0 aliphatic heterocycles. The van der Waals surface area contributed by atoms with Crippen LogP contribution < -0.4 is 10.1 Å². The second-order valence-corrected chi connectivity index (χ2v) is 6.00. The molecule has 0 radical (unpaired) electrons. The van der Waals surface area contributed by atoms with E-state index in [2.05, 4.69) is 10.3 Å². The smallest absolute Gasteiger partial charge is 0.408 e. The van der Waals surface area contributed by atoms with Gasteiger partial charge in [0.2, 0.25) is 0 Å². The number of nitrogens with one attached hydrogen (secondary N) is 2. The lowest BCUT2D eigenvalue weighted by Gasteiger charge is -2.15. The summed E-state index contributed by atoms with van der Waals surface area (Å²) in [5, 5.41) is 12.7. The van der Waals surface area contributed by atoms with Crippen molar-refractivity contribution >= 4 is 23.0 Å². The Morgan fingerprint density at radius 1 is 1.15 bits per heavy atom. The van der Waals surface area contributed by atoms with Crippen LogP contribution in [0.25, 0.3) is 10.9 Å². The number of aliphatic carboxylic acids is 1. The molecule has 0 spiro atoms. The molecule has 2 aromatic carbocycles. The predicted octanol–water partition coefficient (Wildman–Crippen LogP) is 3.10. The van der Waals surface area contributed by atoms with Crippen molar-refractivity contribution in [3.8, 4) is 5.75 Å². The minimum atomic E-state index is -1.14. The summed E-state index contributed by atoms with van der Waals surface area (Å²) in [4.78, 5) is 26.7. The number of carboxylic acids is 1. The average Bonchev–Trinajstić information content (AvgIpc) is 3.09. The lowest BCUT2D eigenvalue weighted by molar-refractivity contribution is -0.139. The highest BCUT2D eigenvalue weighted by atomic mass is 16.5. The number of alkyl carbamates (subject to hydrolysis) is 1. The molecule has 0 unspecified atom stereocenters. The molecule has 0 saturated heterocycles. The number of carbonyl (C=O) groups is 2. The Bertz CT molecular complexity index is 936. The molecule has 1 heterocycles. The van der Waals surface area contributed by atoms with Crippen molar-refractivity contribution < 1.29 is 24.2 Å². The van der Waals surface area contributed by atoms with Gasteiger partial charge in [0.25, 0.3) is 0 Å². The Morgan fingerprint density at radius 2 is 1.93 bits per heavy atom. The van der Waals surface area contributed by atoms with E-state index in [4.69, 9.17) is 9.47 Å². The van der Waals surface area contributed by atoms with Gasteiger partial charge >= 0.3 is 12.1 Å². The van der Waals surface area contributed by atoms with E-state index >= 15 is 0 Å². The third-order valence-electron chi connectivity index (χ3n) is 4.20. The van der Waals surface area contributed by atoms with E-state index in [1.807, 2.05) is 42.5 Å². The molecule has 0 bridgehead atoms. The number of H-pyrrole nitrogens is 1. The molecule has 3 N–H and O–H groups in total. The third-order valence-corrected chi connectivity index (χ3v) is 4.20. The summed E-state index contributed by atoms with van der Waals surface area (Å²) in [7, 11) is 1.55. The molecule has 1 amide bonds. The number of hydrogen-bond acceptors (Lipinski definition) is 4. The number of aromatic amines is 1. The number of benzene rings is 2. The standard InChI is InChI=1S/C20H20N2O5/c1-26-17-9-5-8-15-18(17)14(11-21-15)10-16(19(23)24)22-20(25)27-12-13-6-3-2-4-7-13/h2-9,11,16,21H,10,12H2,1H3,(H,22,25)(H,23,24)/t16-/m0/s1. The van der Waals surface area contributed by atoms with Gasteiger partial charge in [0, 0.05) is 23.5 Å². The molecule has 1 atom stereocenters. The highest BCUT2D eigenvalue weighted by molar-refractivity contribution is 5.90. The monoisotopic (exact) mass is 368 g/mol. The van der Waals surface area contributed by atoms with Crippen molar-refractivity contribution in [2.75, 3.05) is 7.11 Å². The molecule has 0 aliphatic rings. The Balaban J connectivity index is 1.69. The normalized spacial score (nSPS) is 11.7. The molecule has 3 rings (SSSR count). The van der Waals surface area contributed by atoms with Crippen LogP contribution >= 0.6 is 0 Å². The zero-order valence-corrected chi connectivity index (χ0v) is 14.8. The van der Waals surface area contributed by atoms with Gasteiger partial charge in [-0.3, -0.25) is 0 Å². The van der Waals surface area contributed by atoms with E-state index in [1.165, 1.54) is 0 Å². The van der Waals surface area contributed by atoms with Crippen LogP contribution in [0, 0.1) is 0 Å². The Labute approximate surface area is 155 Å². The van der Waals surface area contributed by atoms with Gasteiger partial charge in [0.05, 0.1) is 7.11 Å². The van der Waals surface area contributed by atoms with E-state index in [0.29, 0.717) is 5.75 Å². The molecule has 7 heteroatoms. The highest BCUT2D eigenvalue weighted by Crippen LogP contribution is 2.29. The fourth-order valence-corrected chi connectivity index (χ4v) is 2.88. The van der Waals surface area contributed by atoms with Crippen molar-refractivity contribution in [2.24, 2.45) is 0 Å². The van der Waals surface area contributed by atoms with E-state index in [0.717, 1.165) is 22.0 Å². The zero-order valence-electron chi connectivity index (χ0n) is 14.8. The SMILES string of the molecule is COc1cccc2[nH]cc(C[C@H](NC(=O)OCc3ccccc3)C(=O)O)c12. The Morgan fingerprint density at radius 3 is 2.63 bits per heavy atom. The van der Waals surface area contributed by atoms with Crippen LogP contribution in [0.4, 0.5) is 4.79 Å². The first-order valence-electron chi connectivity index (χ1n) is 8.41. The number of amides is 1. The minimum Gasteiger partial charge on any atom is -0.496 e. The van der Waals surface area contributed by atoms with Crippen LogP contribution in [0.2, 0.25) is 0 Å². The molecule has 27 heavy (non-hydrogen) atoms. The van der Waals surface area contributed by atoms with Crippen LogP contribution in [0.1, 0.15) is 11.1 Å². The highest BCUT2D eigenvalue weighted by Gasteiger charge is 2.23. The van der Waals surface area contributed by atoms with E-state index < -0.39 is 18.1 Å². The van der Waals surface area contributed by atoms with Crippen LogP contribution in [0.3, 0.4) is 0 Å². The fourth-order valence-electron chi connectivity index (χ4n) is 2.88. The summed E-state index contributed by atoms with van der Waals surface area (Å²) in [5.41, 5.74) is 2.39. The van der Waals surface area contributed by atoms with Crippen molar-refractivity contribution in [2.45, 2.75) is 19.1 Å². The first kappa shape index (κ1) is 18.3. The fraction of sp³-hybridized carbons (Fsp3) is 0.200. The summed E-state index contributed by atoms with van der Waals surface area (Å²) in [6, 6.07) is 13.6. The zero-order chi connectivity index (χ0) is 19.2. The lowest BCUT2D eigenvalue weighted by Crippen LogP contribution is -2.42. The van der Waals surface area contributed by atoms with Gasteiger partial charge in [0.1, 0.15) is 18.4 Å². The average molecular weight is 368 g/mol. The molecule has 0 saturated carbocycles. The minimum absolute atomic E-state index is 0.0694. The second kappa shape index (κ2) is 8.27. The number of aromatic nitrogens is 1. The largest absolute Gasteiger partial charge is 0.496 e. The molecular weight excluding hydrogens is 348 g/mol. The van der Waals surface area contributed by atoms with Gasteiger partial charge in [0.15, 0.2) is 0 Å². The van der Waals surface area contributed by atoms with Gasteiger partial charge in [-0.2, -0.15) is 0 Å². The Kier molecular flexibility index (Phi) is 5.61. The lowest BCUT2D eigenvalue weighted by atomic mass is 10.0. The maximum Gasteiger partial charge on any atom is 0.408 e. The van der Waals surface area contributed by atoms with Gasteiger partial charge < -0.3 is 24.9 Å². The van der Waals surface area contributed by atoms with Crippen LogP contribution in [0.5, 0.6) is 5.75 Å². The molecule has 7 nitrogen and oxygen atoms in total. The number of hydrogen-bond donors (Lipinski definition) is 3. The van der Waals surface area contributed by atoms with Crippen molar-refractivity contribution in [3.05, 3.63) is 65.9 Å². The van der Waals surface area contributed by atoms with E-state index in [1.54, 1.807) is 19.4 Å². The van der Waals surface area contributed by atoms with Crippen molar-refractivity contribution in [1.82, 2.24) is 10.3 Å². The maximum absolute atomic E-state index is 12.0. The van der Waals surface area contributed by atoms with Crippen LogP contribution in [-0.4, -0.2) is 35.3 Å². The number of ether oxygens (including phenoxy) is 2. The Hall–Kier alpha value is -3.48. The summed E-state index contributed by atoms with van der Waals surface area (Å²) in [6.45, 7) is 0.0694. The topological polar surface area (TPSA) is 101 Å². The molecule has 0 aliphatic carbocycles. The number of carboxylic acid groups (broad SMARTS) is 1. The number of fused-ring (bicyclic) bond motifs is 1. The molecule has 140 valence electrons. The van der Waals surface area contributed by atoms with E-state index in [-0.39, 0.29) is 13.0 Å². The second-order valence-electron chi connectivity index (χ2n) is 6.00. The molecule has 1 aromatic heterocycles. The number of methoxy groups -OCH3 is 1. The maximum atomic E-state index is 12.0. The summed E-state index contributed by atoms with van der Waals surface area (Å²) in [6.07, 6.45) is 1.04. The van der Waals surface area contributed by atoms with E-state index in [9.17, 15) is 14.7 Å². The van der Waals surface area contributed by atoms with Gasteiger partial charge in [-0.1, -0.05) is 36.4 Å². The van der Waals surface area contributed by atoms with Crippen LogP contribution in [-0.2, 0) is 22.6 Å². The van der Waals surface area contributed by atoms with Crippen molar-refractivity contribution in [1.29, 1.82) is 0 Å². The summed E-state index contributed by atoms with van der Waals surface area (Å²) < 4.78 is 10.5. The quantitative estimate of drug-likeness (QED) is 0.595. The number of carbonyl (C=O) groups excluding carboxylic acids is 1. The summed E-state index contributed by atoms with van der Waals surface area (Å²) in [5.74, 6) is -0.504. The first-order chi connectivity index (χ1) is 13.1. The summed E-state index contributed by atoms with van der Waals surface area (Å²) >= 11 is 0. The van der Waals surface area contributed by atoms with Gasteiger partial charge in [-0.15, -0.1) is 0 Å².